The van der Waals surface area contributed by atoms with Gasteiger partial charge in [0.15, 0.2) is 0 Å². The molecule has 6 heteroatoms. The molecule has 2 atom stereocenters. The van der Waals surface area contributed by atoms with Gasteiger partial charge in [-0.3, -0.25) is 4.57 Å². The summed E-state index contributed by atoms with van der Waals surface area (Å²) in [5, 5.41) is 0. The fourth-order valence-corrected chi connectivity index (χ4v) is 2.53. The summed E-state index contributed by atoms with van der Waals surface area (Å²) in [7, 11) is 1.64. The molecule has 0 unspecified atom stereocenters. The summed E-state index contributed by atoms with van der Waals surface area (Å²) in [6.07, 6.45) is 3.27. The molecule has 3 rings (SSSR count). The molecule has 0 N–H and O–H groups in total. The first kappa shape index (κ1) is 13.1. The van der Waals surface area contributed by atoms with Crippen LogP contribution in [0.1, 0.15) is 18.5 Å². The highest BCUT2D eigenvalue weighted by Gasteiger charge is 2.54. The van der Waals surface area contributed by atoms with Crippen molar-refractivity contribution in [2.75, 3.05) is 6.61 Å². The van der Waals surface area contributed by atoms with E-state index in [0.29, 0.717) is 6.61 Å². The first-order valence-electron chi connectivity index (χ1n) is 6.28. The van der Waals surface area contributed by atoms with E-state index in [2.05, 4.69) is 0 Å². The normalized spacial score (nSPS) is 22.8. The van der Waals surface area contributed by atoms with Crippen LogP contribution in [0.2, 0.25) is 0 Å². The maximum Gasteiger partial charge on any atom is 0.328 e. The summed E-state index contributed by atoms with van der Waals surface area (Å²) in [4.78, 5) is 12.0. The lowest BCUT2D eigenvalue weighted by Crippen LogP contribution is -2.32. The van der Waals surface area contributed by atoms with Gasteiger partial charge in [-0.1, -0.05) is 6.07 Å². The van der Waals surface area contributed by atoms with Gasteiger partial charge in [-0.05, 0) is 13.0 Å². The van der Waals surface area contributed by atoms with Gasteiger partial charge in [-0.2, -0.15) is 0 Å². The van der Waals surface area contributed by atoms with E-state index in [-0.39, 0.29) is 17.3 Å². The molecule has 0 bridgehead atoms. The molecule has 2 aromatic rings. The third kappa shape index (κ3) is 1.79. The van der Waals surface area contributed by atoms with E-state index in [9.17, 15) is 13.6 Å². The van der Waals surface area contributed by atoms with Crippen molar-refractivity contribution < 1.29 is 13.5 Å². The van der Waals surface area contributed by atoms with E-state index in [0.717, 1.165) is 6.07 Å². The molecule has 0 amide bonds. The minimum Gasteiger partial charge on any atom is -0.362 e. The van der Waals surface area contributed by atoms with Gasteiger partial charge < -0.3 is 9.30 Å². The largest absolute Gasteiger partial charge is 0.362 e. The van der Waals surface area contributed by atoms with E-state index in [4.69, 9.17) is 4.74 Å². The lowest BCUT2D eigenvalue weighted by atomic mass is 9.92. The van der Waals surface area contributed by atoms with Gasteiger partial charge in [0, 0.05) is 31.1 Å². The Hall–Kier alpha value is -1.95. The number of hydrogen-bond acceptors (Lipinski definition) is 2. The van der Waals surface area contributed by atoms with Gasteiger partial charge >= 0.3 is 5.69 Å². The summed E-state index contributed by atoms with van der Waals surface area (Å²) >= 11 is 0. The SMILES string of the molecule is C[C@@H](n1ccn(C)c1=O)[C@@]1(c2ccc(F)cc2F)CO1. The van der Waals surface area contributed by atoms with Gasteiger partial charge in [-0.25, -0.2) is 13.6 Å². The van der Waals surface area contributed by atoms with E-state index in [1.54, 1.807) is 26.4 Å². The third-order valence-electron chi connectivity index (χ3n) is 3.91. The minimum atomic E-state index is -0.900. The van der Waals surface area contributed by atoms with Crippen molar-refractivity contribution in [3.05, 3.63) is 58.3 Å². The molecule has 1 aliphatic rings. The molecule has 106 valence electrons. The Labute approximate surface area is 114 Å². The lowest BCUT2D eigenvalue weighted by Gasteiger charge is -2.21. The van der Waals surface area contributed by atoms with Crippen LogP contribution in [0.3, 0.4) is 0 Å². The predicted molar refractivity (Wildman–Crippen MR) is 68.4 cm³/mol. The number of rotatable bonds is 3. The first-order chi connectivity index (χ1) is 9.45. The highest BCUT2D eigenvalue weighted by molar-refractivity contribution is 5.30. The molecule has 2 heterocycles. The van der Waals surface area contributed by atoms with Crippen LogP contribution in [0.5, 0.6) is 0 Å². The molecule has 1 saturated heterocycles. The Morgan fingerprint density at radius 1 is 1.35 bits per heavy atom. The zero-order valence-electron chi connectivity index (χ0n) is 11.1. The maximum atomic E-state index is 14.0. The molecule has 1 aromatic carbocycles. The van der Waals surface area contributed by atoms with Crippen molar-refractivity contribution in [3.63, 3.8) is 0 Å². The minimum absolute atomic E-state index is 0.199. The second kappa shape index (κ2) is 4.28. The zero-order valence-corrected chi connectivity index (χ0v) is 11.1. The average Bonchev–Trinajstić information content (AvgIpc) is 3.13. The number of ether oxygens (including phenoxy) is 1. The summed E-state index contributed by atoms with van der Waals surface area (Å²) in [6, 6.07) is 3.03. The fourth-order valence-electron chi connectivity index (χ4n) is 2.53. The molecule has 0 aliphatic carbocycles. The van der Waals surface area contributed by atoms with Crippen molar-refractivity contribution in [1.82, 2.24) is 9.13 Å². The van der Waals surface area contributed by atoms with Crippen molar-refractivity contribution in [1.29, 1.82) is 0 Å². The Morgan fingerprint density at radius 3 is 2.55 bits per heavy atom. The predicted octanol–water partition coefficient (Wildman–Crippen LogP) is 1.95. The van der Waals surface area contributed by atoms with E-state index in [1.165, 1.54) is 21.3 Å². The highest BCUT2D eigenvalue weighted by atomic mass is 19.1. The fraction of sp³-hybridized carbons (Fsp3) is 0.357. The van der Waals surface area contributed by atoms with Crippen LogP contribution < -0.4 is 5.69 Å². The van der Waals surface area contributed by atoms with Gasteiger partial charge in [0.2, 0.25) is 0 Å². The van der Waals surface area contributed by atoms with Crippen LogP contribution in [0.15, 0.2) is 35.4 Å². The van der Waals surface area contributed by atoms with Gasteiger partial charge in [-0.15, -0.1) is 0 Å². The Morgan fingerprint density at radius 2 is 2.05 bits per heavy atom. The van der Waals surface area contributed by atoms with Crippen LogP contribution in [-0.2, 0) is 17.4 Å². The van der Waals surface area contributed by atoms with Gasteiger partial charge in [0.1, 0.15) is 17.2 Å². The molecular weight excluding hydrogens is 266 g/mol. The molecule has 1 aliphatic heterocycles. The Bertz CT molecular complexity index is 716. The summed E-state index contributed by atoms with van der Waals surface area (Å²) in [5.74, 6) is -1.29. The number of aryl methyl sites for hydroxylation is 1. The molecule has 0 radical (unpaired) electrons. The Kier molecular flexibility index (Phi) is 2.79. The average molecular weight is 280 g/mol. The number of benzene rings is 1. The molecule has 20 heavy (non-hydrogen) atoms. The topological polar surface area (TPSA) is 39.5 Å². The third-order valence-corrected chi connectivity index (χ3v) is 3.91. The van der Waals surface area contributed by atoms with Crippen LogP contribution in [0.4, 0.5) is 8.78 Å². The Balaban J connectivity index is 2.04. The van der Waals surface area contributed by atoms with Crippen LogP contribution in [0, 0.1) is 11.6 Å². The van der Waals surface area contributed by atoms with Crippen LogP contribution >= 0.6 is 0 Å². The standard InChI is InChI=1S/C14H14F2N2O2/c1-9(18-6-5-17(2)13(18)19)14(8-20-14)11-4-3-10(15)7-12(11)16/h3-7,9H,8H2,1-2H3/t9-,14-/m1/s1. The summed E-state index contributed by atoms with van der Waals surface area (Å²) < 4.78 is 35.3. The van der Waals surface area contributed by atoms with E-state index in [1.807, 2.05) is 0 Å². The number of imidazole rings is 1. The smallest absolute Gasteiger partial charge is 0.328 e. The van der Waals surface area contributed by atoms with E-state index < -0.39 is 17.2 Å². The number of nitrogens with zero attached hydrogens (tertiary/aromatic N) is 2. The highest BCUT2D eigenvalue weighted by Crippen LogP contribution is 2.48. The number of epoxide rings is 1. The van der Waals surface area contributed by atoms with E-state index >= 15 is 0 Å². The maximum absolute atomic E-state index is 14.0. The number of hydrogen-bond donors (Lipinski definition) is 0. The summed E-state index contributed by atoms with van der Waals surface area (Å²) in [6.45, 7) is 2.09. The first-order valence-corrected chi connectivity index (χ1v) is 6.28. The van der Waals surface area contributed by atoms with Crippen LogP contribution in [-0.4, -0.2) is 15.7 Å². The second-order valence-electron chi connectivity index (χ2n) is 5.08. The van der Waals surface area contributed by atoms with Crippen molar-refractivity contribution in [2.24, 2.45) is 7.05 Å². The monoisotopic (exact) mass is 280 g/mol. The second-order valence-corrected chi connectivity index (χ2v) is 5.08. The molecule has 4 nitrogen and oxygen atoms in total. The van der Waals surface area contributed by atoms with Crippen molar-refractivity contribution in [3.8, 4) is 0 Å². The molecule has 0 saturated carbocycles. The van der Waals surface area contributed by atoms with Gasteiger partial charge in [0.05, 0.1) is 12.6 Å². The quantitative estimate of drug-likeness (QED) is 0.806. The molecule has 1 fully saturated rings. The molecule has 1 aromatic heterocycles. The van der Waals surface area contributed by atoms with Gasteiger partial charge in [0.25, 0.3) is 0 Å². The van der Waals surface area contributed by atoms with Crippen molar-refractivity contribution >= 4 is 0 Å². The van der Waals surface area contributed by atoms with Crippen LogP contribution in [0.25, 0.3) is 0 Å². The zero-order chi connectivity index (χ0) is 14.5. The molecule has 0 spiro atoms. The lowest BCUT2D eigenvalue weighted by molar-refractivity contribution is 0.222. The number of halogens is 2. The van der Waals surface area contributed by atoms with Crippen molar-refractivity contribution in [2.45, 2.75) is 18.6 Å². The molecular formula is C14H14F2N2O2. The number of aromatic nitrogens is 2. The summed E-state index contributed by atoms with van der Waals surface area (Å²) in [5.41, 5.74) is -0.819.